The van der Waals surface area contributed by atoms with Crippen LogP contribution in [-0.4, -0.2) is 52.1 Å². The van der Waals surface area contributed by atoms with Crippen LogP contribution in [0.25, 0.3) is 11.0 Å². The van der Waals surface area contributed by atoms with E-state index in [1.165, 1.54) is 0 Å². The van der Waals surface area contributed by atoms with Crippen molar-refractivity contribution in [2.75, 3.05) is 13.1 Å². The summed E-state index contributed by atoms with van der Waals surface area (Å²) in [6, 6.07) is 7.73. The predicted molar refractivity (Wildman–Crippen MR) is 98.1 cm³/mol. The Morgan fingerprint density at radius 3 is 2.64 bits per heavy atom. The Hall–Kier alpha value is -1.92. The summed E-state index contributed by atoms with van der Waals surface area (Å²) < 4.78 is 5.80. The molecule has 1 aromatic carbocycles. The number of aromatic nitrogens is 2. The molecule has 0 spiro atoms. The van der Waals surface area contributed by atoms with Crippen LogP contribution in [0.1, 0.15) is 33.5 Å². The summed E-state index contributed by atoms with van der Waals surface area (Å²) in [7, 11) is 0. The standard InChI is InChI=1S/C19H28N4O2/c1-12(2)18(23-10-13(3)25-14(4)11-23)19(24)20-9-17-21-15-7-5-6-8-16(15)22-17/h5-8,12-14,18H,9-11H2,1-4H3,(H,20,24)(H,21,22)/t13-,14-,18-/m1/s1. The van der Waals surface area contributed by atoms with Gasteiger partial charge < -0.3 is 15.0 Å². The van der Waals surface area contributed by atoms with Crippen LogP contribution in [0, 0.1) is 5.92 Å². The number of rotatable bonds is 5. The molecule has 136 valence electrons. The summed E-state index contributed by atoms with van der Waals surface area (Å²) in [6.45, 7) is 10.3. The highest BCUT2D eigenvalue weighted by molar-refractivity contribution is 5.82. The zero-order chi connectivity index (χ0) is 18.0. The van der Waals surface area contributed by atoms with Gasteiger partial charge in [-0.05, 0) is 31.9 Å². The van der Waals surface area contributed by atoms with Crippen molar-refractivity contribution in [1.29, 1.82) is 0 Å². The molecule has 0 bridgehead atoms. The Balaban J connectivity index is 1.66. The Bertz CT molecular complexity index is 684. The summed E-state index contributed by atoms with van der Waals surface area (Å²) in [5.74, 6) is 1.06. The molecule has 1 aromatic heterocycles. The number of morpholine rings is 1. The molecule has 25 heavy (non-hydrogen) atoms. The Labute approximate surface area is 149 Å². The van der Waals surface area contributed by atoms with Crippen LogP contribution in [0.5, 0.6) is 0 Å². The molecule has 2 N–H and O–H groups in total. The number of para-hydroxylation sites is 2. The number of aromatic amines is 1. The zero-order valence-corrected chi connectivity index (χ0v) is 15.5. The number of fused-ring (bicyclic) bond motifs is 1. The van der Waals surface area contributed by atoms with E-state index >= 15 is 0 Å². The van der Waals surface area contributed by atoms with Crippen LogP contribution in [0.2, 0.25) is 0 Å². The molecule has 0 unspecified atom stereocenters. The normalized spacial score (nSPS) is 23.1. The second kappa shape index (κ2) is 7.54. The summed E-state index contributed by atoms with van der Waals surface area (Å²) in [5, 5.41) is 3.05. The second-order valence-corrected chi connectivity index (χ2v) is 7.32. The predicted octanol–water partition coefficient (Wildman–Crippen LogP) is 2.31. The maximum absolute atomic E-state index is 12.9. The Kier molecular flexibility index (Phi) is 5.39. The van der Waals surface area contributed by atoms with Crippen LogP contribution < -0.4 is 5.32 Å². The lowest BCUT2D eigenvalue weighted by atomic mass is 9.99. The molecule has 0 aliphatic carbocycles. The van der Waals surface area contributed by atoms with E-state index in [-0.39, 0.29) is 30.1 Å². The number of imidazole rings is 1. The zero-order valence-electron chi connectivity index (χ0n) is 15.5. The molecule has 1 aliphatic rings. The van der Waals surface area contributed by atoms with Gasteiger partial charge in [-0.15, -0.1) is 0 Å². The Morgan fingerprint density at radius 2 is 2.00 bits per heavy atom. The molecular weight excluding hydrogens is 316 g/mol. The van der Waals surface area contributed by atoms with Gasteiger partial charge in [-0.25, -0.2) is 4.98 Å². The molecule has 3 rings (SSSR count). The maximum Gasteiger partial charge on any atom is 0.238 e. The molecule has 1 saturated heterocycles. The minimum atomic E-state index is -0.154. The fraction of sp³-hybridized carbons (Fsp3) is 0.579. The van der Waals surface area contributed by atoms with Crippen LogP contribution in [0.4, 0.5) is 0 Å². The van der Waals surface area contributed by atoms with Gasteiger partial charge in [0.05, 0.1) is 35.8 Å². The fourth-order valence-corrected chi connectivity index (χ4v) is 3.70. The molecule has 6 nitrogen and oxygen atoms in total. The van der Waals surface area contributed by atoms with Crippen LogP contribution >= 0.6 is 0 Å². The second-order valence-electron chi connectivity index (χ2n) is 7.32. The quantitative estimate of drug-likeness (QED) is 0.873. The number of hydrogen-bond acceptors (Lipinski definition) is 4. The van der Waals surface area contributed by atoms with Crippen molar-refractivity contribution >= 4 is 16.9 Å². The number of carbonyl (C=O) groups excluding carboxylic acids is 1. The first kappa shape index (κ1) is 17.9. The van der Waals surface area contributed by atoms with E-state index in [0.29, 0.717) is 6.54 Å². The van der Waals surface area contributed by atoms with E-state index in [4.69, 9.17) is 4.74 Å². The highest BCUT2D eigenvalue weighted by Crippen LogP contribution is 2.19. The third-order valence-electron chi connectivity index (χ3n) is 4.61. The summed E-state index contributed by atoms with van der Waals surface area (Å²) in [5.41, 5.74) is 1.91. The lowest BCUT2D eigenvalue weighted by Crippen LogP contribution is -2.56. The van der Waals surface area contributed by atoms with Crippen molar-refractivity contribution in [3.63, 3.8) is 0 Å². The largest absolute Gasteiger partial charge is 0.373 e. The highest BCUT2D eigenvalue weighted by atomic mass is 16.5. The van der Waals surface area contributed by atoms with E-state index in [0.717, 1.165) is 29.9 Å². The molecule has 0 radical (unpaired) electrons. The smallest absolute Gasteiger partial charge is 0.238 e. The van der Waals surface area contributed by atoms with Crippen LogP contribution in [0.3, 0.4) is 0 Å². The average molecular weight is 344 g/mol. The van der Waals surface area contributed by atoms with Crippen molar-refractivity contribution in [3.05, 3.63) is 30.1 Å². The molecule has 1 fully saturated rings. The number of carbonyl (C=O) groups is 1. The van der Waals surface area contributed by atoms with E-state index < -0.39 is 0 Å². The van der Waals surface area contributed by atoms with Crippen LogP contribution in [-0.2, 0) is 16.1 Å². The first-order valence-electron chi connectivity index (χ1n) is 9.05. The third kappa shape index (κ3) is 4.19. The van der Waals surface area contributed by atoms with Crippen molar-refractivity contribution < 1.29 is 9.53 Å². The van der Waals surface area contributed by atoms with Gasteiger partial charge in [0, 0.05) is 13.1 Å². The summed E-state index contributed by atoms with van der Waals surface area (Å²) >= 11 is 0. The van der Waals surface area contributed by atoms with Crippen molar-refractivity contribution in [3.8, 4) is 0 Å². The maximum atomic E-state index is 12.9. The van der Waals surface area contributed by atoms with E-state index in [9.17, 15) is 4.79 Å². The van der Waals surface area contributed by atoms with Gasteiger partial charge in [-0.3, -0.25) is 9.69 Å². The number of H-pyrrole nitrogens is 1. The van der Waals surface area contributed by atoms with E-state index in [1.54, 1.807) is 0 Å². The first-order chi connectivity index (χ1) is 11.9. The van der Waals surface area contributed by atoms with Crippen molar-refractivity contribution in [2.24, 2.45) is 5.92 Å². The topological polar surface area (TPSA) is 70.2 Å². The number of benzene rings is 1. The average Bonchev–Trinajstić information content (AvgIpc) is 2.94. The highest BCUT2D eigenvalue weighted by Gasteiger charge is 2.34. The molecule has 6 heteroatoms. The van der Waals surface area contributed by atoms with Gasteiger partial charge in [0.1, 0.15) is 5.82 Å². The van der Waals surface area contributed by atoms with Gasteiger partial charge >= 0.3 is 0 Å². The molecule has 1 amide bonds. The number of amides is 1. The molecule has 1 aliphatic heterocycles. The number of ether oxygens (including phenoxy) is 1. The minimum Gasteiger partial charge on any atom is -0.373 e. The van der Waals surface area contributed by atoms with E-state index in [1.807, 2.05) is 24.3 Å². The molecule has 2 heterocycles. The Morgan fingerprint density at radius 1 is 1.32 bits per heavy atom. The third-order valence-corrected chi connectivity index (χ3v) is 4.61. The first-order valence-corrected chi connectivity index (χ1v) is 9.05. The van der Waals surface area contributed by atoms with E-state index in [2.05, 4.69) is 47.9 Å². The van der Waals surface area contributed by atoms with Gasteiger partial charge in [0.25, 0.3) is 0 Å². The number of hydrogen-bond donors (Lipinski definition) is 2. The minimum absolute atomic E-state index is 0.0526. The van der Waals surface area contributed by atoms with Gasteiger partial charge in [0.15, 0.2) is 0 Å². The molecule has 3 atom stereocenters. The lowest BCUT2D eigenvalue weighted by Gasteiger charge is -2.40. The number of nitrogens with zero attached hydrogens (tertiary/aromatic N) is 2. The summed E-state index contributed by atoms with van der Waals surface area (Å²) in [6.07, 6.45) is 0.293. The van der Waals surface area contributed by atoms with Crippen molar-refractivity contribution in [1.82, 2.24) is 20.2 Å². The number of nitrogens with one attached hydrogen (secondary N) is 2. The molecule has 2 aromatic rings. The SMILES string of the molecule is CC(C)[C@H](C(=O)NCc1nc2ccccc2[nH]1)N1C[C@@H](C)O[C@H](C)C1. The lowest BCUT2D eigenvalue weighted by molar-refractivity contribution is -0.135. The fourth-order valence-electron chi connectivity index (χ4n) is 3.70. The van der Waals surface area contributed by atoms with Crippen LogP contribution in [0.15, 0.2) is 24.3 Å². The monoisotopic (exact) mass is 344 g/mol. The van der Waals surface area contributed by atoms with Crippen molar-refractivity contribution in [2.45, 2.75) is 52.5 Å². The van der Waals surface area contributed by atoms with Gasteiger partial charge in [-0.1, -0.05) is 26.0 Å². The van der Waals surface area contributed by atoms with Gasteiger partial charge in [0.2, 0.25) is 5.91 Å². The summed E-state index contributed by atoms with van der Waals surface area (Å²) in [4.78, 5) is 22.9. The molecular formula is C19H28N4O2. The molecule has 0 saturated carbocycles. The van der Waals surface area contributed by atoms with Gasteiger partial charge in [-0.2, -0.15) is 0 Å².